The summed E-state index contributed by atoms with van der Waals surface area (Å²) >= 11 is 11.7. The first kappa shape index (κ1) is 15.4. The monoisotopic (exact) mass is 347 g/mol. The lowest BCUT2D eigenvalue weighted by atomic mass is 10.2. The van der Waals surface area contributed by atoms with Gasteiger partial charge in [-0.15, -0.1) is 0 Å². The number of nitrogens with one attached hydrogen (secondary N) is 3. The van der Waals surface area contributed by atoms with Crippen LogP contribution in [0.4, 0.5) is 0 Å². The van der Waals surface area contributed by atoms with Crippen molar-refractivity contribution in [2.75, 3.05) is 0 Å². The summed E-state index contributed by atoms with van der Waals surface area (Å²) in [5, 5.41) is 1.92. The molecule has 0 aliphatic heterocycles. The highest BCUT2D eigenvalue weighted by Gasteiger charge is 2.11. The molecule has 116 valence electrons. The van der Waals surface area contributed by atoms with E-state index in [2.05, 4.69) is 15.8 Å². The van der Waals surface area contributed by atoms with E-state index in [0.717, 1.165) is 10.9 Å². The summed E-state index contributed by atoms with van der Waals surface area (Å²) in [7, 11) is 0. The average molecular weight is 348 g/mol. The molecule has 0 saturated heterocycles. The first-order valence-electron chi connectivity index (χ1n) is 6.67. The first-order chi connectivity index (χ1) is 11.0. The van der Waals surface area contributed by atoms with Gasteiger partial charge in [-0.2, -0.15) is 0 Å². The van der Waals surface area contributed by atoms with Crippen molar-refractivity contribution >= 4 is 45.9 Å². The van der Waals surface area contributed by atoms with Crippen LogP contribution in [0.25, 0.3) is 10.9 Å². The highest BCUT2D eigenvalue weighted by molar-refractivity contribution is 6.31. The number of aromatic nitrogens is 1. The molecule has 7 heteroatoms. The molecule has 3 N–H and O–H groups in total. The molecule has 0 unspecified atom stereocenters. The van der Waals surface area contributed by atoms with Crippen LogP contribution in [0.3, 0.4) is 0 Å². The molecule has 3 aromatic rings. The van der Waals surface area contributed by atoms with Crippen LogP contribution < -0.4 is 10.9 Å². The number of hydrogen-bond acceptors (Lipinski definition) is 2. The van der Waals surface area contributed by atoms with Crippen LogP contribution in [0.15, 0.2) is 48.5 Å². The fourth-order valence-corrected chi connectivity index (χ4v) is 2.39. The maximum absolute atomic E-state index is 12.1. The molecule has 1 aromatic heterocycles. The summed E-state index contributed by atoms with van der Waals surface area (Å²) in [6.45, 7) is 0. The van der Waals surface area contributed by atoms with Gasteiger partial charge in [-0.3, -0.25) is 20.4 Å². The fourth-order valence-electron chi connectivity index (χ4n) is 2.08. The minimum absolute atomic E-state index is 0.318. The van der Waals surface area contributed by atoms with E-state index in [4.69, 9.17) is 23.2 Å². The van der Waals surface area contributed by atoms with E-state index in [1.807, 2.05) is 0 Å². The number of aromatic amines is 1. The molecule has 0 atom stereocenters. The van der Waals surface area contributed by atoms with Crippen molar-refractivity contribution < 1.29 is 9.59 Å². The topological polar surface area (TPSA) is 74.0 Å². The molecule has 2 amide bonds. The molecule has 0 aliphatic carbocycles. The van der Waals surface area contributed by atoms with Crippen molar-refractivity contribution in [3.63, 3.8) is 0 Å². The summed E-state index contributed by atoms with van der Waals surface area (Å²) < 4.78 is 0. The zero-order valence-corrected chi connectivity index (χ0v) is 13.2. The van der Waals surface area contributed by atoms with Gasteiger partial charge in [0.25, 0.3) is 11.8 Å². The van der Waals surface area contributed by atoms with E-state index < -0.39 is 11.8 Å². The lowest BCUT2D eigenvalue weighted by molar-refractivity contribution is 0.0844. The Bertz CT molecular complexity index is 888. The summed E-state index contributed by atoms with van der Waals surface area (Å²) in [5.41, 5.74) is 6.18. The van der Waals surface area contributed by atoms with Gasteiger partial charge in [0.2, 0.25) is 0 Å². The van der Waals surface area contributed by atoms with E-state index in [-0.39, 0.29) is 0 Å². The number of halogens is 2. The Morgan fingerprint density at radius 3 is 2.22 bits per heavy atom. The summed E-state index contributed by atoms with van der Waals surface area (Å²) in [6.07, 6.45) is 0. The standard InChI is InChI=1S/C16H11Cl2N3O2/c17-11-3-1-9(2-4-11)15(22)20-21-16(23)14-8-10-7-12(18)5-6-13(10)19-14/h1-8,19H,(H,20,22)(H,21,23). The molecule has 0 radical (unpaired) electrons. The van der Waals surface area contributed by atoms with Crippen LogP contribution in [0, 0.1) is 0 Å². The molecule has 5 nitrogen and oxygen atoms in total. The molecular weight excluding hydrogens is 337 g/mol. The number of rotatable bonds is 2. The molecule has 2 aromatic carbocycles. The van der Waals surface area contributed by atoms with Crippen LogP contribution in [0.2, 0.25) is 10.0 Å². The van der Waals surface area contributed by atoms with E-state index in [0.29, 0.717) is 21.3 Å². The normalized spacial score (nSPS) is 10.5. The molecule has 0 fully saturated rings. The van der Waals surface area contributed by atoms with Gasteiger partial charge in [0.05, 0.1) is 0 Å². The van der Waals surface area contributed by atoms with Gasteiger partial charge < -0.3 is 4.98 Å². The molecule has 1 heterocycles. The molecule has 0 aliphatic rings. The van der Waals surface area contributed by atoms with Crippen LogP contribution in [-0.4, -0.2) is 16.8 Å². The van der Waals surface area contributed by atoms with Crippen LogP contribution >= 0.6 is 23.2 Å². The second-order valence-corrected chi connectivity index (χ2v) is 5.70. The van der Waals surface area contributed by atoms with Gasteiger partial charge in [0, 0.05) is 26.5 Å². The third-order valence-electron chi connectivity index (χ3n) is 3.22. The van der Waals surface area contributed by atoms with Crippen molar-refractivity contribution in [3.05, 3.63) is 69.8 Å². The van der Waals surface area contributed by atoms with Crippen molar-refractivity contribution in [3.8, 4) is 0 Å². The zero-order valence-electron chi connectivity index (χ0n) is 11.7. The van der Waals surface area contributed by atoms with Gasteiger partial charge in [-0.1, -0.05) is 23.2 Å². The number of carbonyl (C=O) groups excluding carboxylic acids is 2. The molecule has 3 rings (SSSR count). The number of carbonyl (C=O) groups is 2. The van der Waals surface area contributed by atoms with Crippen LogP contribution in [-0.2, 0) is 0 Å². The third kappa shape index (κ3) is 3.47. The average Bonchev–Trinajstić information content (AvgIpc) is 2.96. The minimum atomic E-state index is -0.459. The van der Waals surface area contributed by atoms with Gasteiger partial charge >= 0.3 is 0 Å². The summed E-state index contributed by atoms with van der Waals surface area (Å²) in [4.78, 5) is 26.9. The summed E-state index contributed by atoms with van der Waals surface area (Å²) in [6, 6.07) is 13.2. The Kier molecular flexibility index (Phi) is 4.23. The van der Waals surface area contributed by atoms with Crippen molar-refractivity contribution in [2.45, 2.75) is 0 Å². The van der Waals surface area contributed by atoms with E-state index in [1.54, 1.807) is 48.5 Å². The number of H-pyrrole nitrogens is 1. The predicted molar refractivity (Wildman–Crippen MR) is 89.7 cm³/mol. The molecule has 0 spiro atoms. The second kappa shape index (κ2) is 6.32. The van der Waals surface area contributed by atoms with Crippen molar-refractivity contribution in [1.29, 1.82) is 0 Å². The fraction of sp³-hybridized carbons (Fsp3) is 0. The highest BCUT2D eigenvalue weighted by Crippen LogP contribution is 2.19. The largest absolute Gasteiger partial charge is 0.350 e. The van der Waals surface area contributed by atoms with E-state index in [9.17, 15) is 9.59 Å². The lowest BCUT2D eigenvalue weighted by Gasteiger charge is -2.06. The Morgan fingerprint density at radius 1 is 0.826 bits per heavy atom. The lowest BCUT2D eigenvalue weighted by Crippen LogP contribution is -2.41. The van der Waals surface area contributed by atoms with E-state index in [1.165, 1.54) is 0 Å². The number of fused-ring (bicyclic) bond motifs is 1. The maximum atomic E-state index is 12.1. The minimum Gasteiger partial charge on any atom is -0.350 e. The van der Waals surface area contributed by atoms with Crippen molar-refractivity contribution in [1.82, 2.24) is 15.8 Å². The maximum Gasteiger partial charge on any atom is 0.286 e. The Morgan fingerprint density at radius 2 is 1.48 bits per heavy atom. The smallest absolute Gasteiger partial charge is 0.286 e. The number of amides is 2. The third-order valence-corrected chi connectivity index (χ3v) is 3.71. The van der Waals surface area contributed by atoms with Gasteiger partial charge in [-0.25, -0.2) is 0 Å². The van der Waals surface area contributed by atoms with E-state index >= 15 is 0 Å². The summed E-state index contributed by atoms with van der Waals surface area (Å²) in [5.74, 6) is -0.895. The number of benzene rings is 2. The molecule has 0 saturated carbocycles. The van der Waals surface area contributed by atoms with Crippen molar-refractivity contribution in [2.24, 2.45) is 0 Å². The predicted octanol–water partition coefficient (Wildman–Crippen LogP) is 3.55. The number of hydrazine groups is 1. The number of hydrogen-bond donors (Lipinski definition) is 3. The highest BCUT2D eigenvalue weighted by atomic mass is 35.5. The van der Waals surface area contributed by atoms with Gasteiger partial charge in [0.1, 0.15) is 5.69 Å². The molecular formula is C16H11Cl2N3O2. The Hall–Kier alpha value is -2.50. The van der Waals surface area contributed by atoms with Crippen LogP contribution in [0.5, 0.6) is 0 Å². The quantitative estimate of drug-likeness (QED) is 0.620. The zero-order chi connectivity index (χ0) is 16.4. The van der Waals surface area contributed by atoms with Gasteiger partial charge in [0.15, 0.2) is 0 Å². The molecule has 0 bridgehead atoms. The first-order valence-corrected chi connectivity index (χ1v) is 7.43. The molecule has 23 heavy (non-hydrogen) atoms. The Balaban J connectivity index is 1.68. The Labute approximate surface area is 141 Å². The van der Waals surface area contributed by atoms with Crippen LogP contribution in [0.1, 0.15) is 20.8 Å². The SMILES string of the molecule is O=C(NNC(=O)c1cc2cc(Cl)ccc2[nH]1)c1ccc(Cl)cc1. The van der Waals surface area contributed by atoms with Gasteiger partial charge in [-0.05, 0) is 48.5 Å². The second-order valence-electron chi connectivity index (χ2n) is 4.83.